The van der Waals surface area contributed by atoms with Crippen molar-refractivity contribution < 1.29 is 13.6 Å². The molecule has 0 fully saturated rings. The Balaban J connectivity index is 1.83. The smallest absolute Gasteiger partial charge is 0.325 e. The van der Waals surface area contributed by atoms with E-state index in [1.807, 2.05) is 0 Å². The van der Waals surface area contributed by atoms with Gasteiger partial charge in [0.1, 0.15) is 18.2 Å². The van der Waals surface area contributed by atoms with Crippen LogP contribution in [0.3, 0.4) is 0 Å². The van der Waals surface area contributed by atoms with E-state index < -0.39 is 35.3 Å². The van der Waals surface area contributed by atoms with Crippen LogP contribution >= 0.6 is 11.6 Å². The molecule has 0 saturated carbocycles. The molecule has 0 aliphatic carbocycles. The molecule has 1 aromatic heterocycles. The van der Waals surface area contributed by atoms with Crippen LogP contribution in [0.4, 0.5) is 14.5 Å². The lowest BCUT2D eigenvalue weighted by Crippen LogP contribution is -2.40. The quantitative estimate of drug-likeness (QED) is 0.524. The standard InChI is InChI=1S/C22H14ClF2N3O3/c23-17-11-15(9-10-18(17)25)28-21(30)16-3-1-2-4-19(16)27(22(28)31)12-20(29)26-14-7-5-13(24)6-8-14/h1-11H,12H2,(H,26,29). The first-order valence-electron chi connectivity index (χ1n) is 9.10. The van der Waals surface area contributed by atoms with Crippen LogP contribution in [0.2, 0.25) is 5.02 Å². The third kappa shape index (κ3) is 3.97. The topological polar surface area (TPSA) is 73.1 Å². The minimum Gasteiger partial charge on any atom is -0.325 e. The largest absolute Gasteiger partial charge is 0.336 e. The van der Waals surface area contributed by atoms with Gasteiger partial charge in [-0.3, -0.25) is 14.2 Å². The molecule has 0 radical (unpaired) electrons. The second-order valence-corrected chi connectivity index (χ2v) is 7.09. The number of halogens is 3. The summed E-state index contributed by atoms with van der Waals surface area (Å²) in [6, 6.07) is 14.9. The number of carbonyl (C=O) groups is 1. The Kier molecular flexibility index (Phi) is 5.39. The molecule has 0 aliphatic heterocycles. The molecule has 6 nitrogen and oxygen atoms in total. The van der Waals surface area contributed by atoms with E-state index in [2.05, 4.69) is 5.32 Å². The first-order chi connectivity index (χ1) is 14.8. The van der Waals surface area contributed by atoms with Crippen molar-refractivity contribution in [3.8, 4) is 5.69 Å². The summed E-state index contributed by atoms with van der Waals surface area (Å²) in [6.07, 6.45) is 0. The minimum atomic E-state index is -0.791. The zero-order valence-corrected chi connectivity index (χ0v) is 16.6. The van der Waals surface area contributed by atoms with Crippen LogP contribution in [0.15, 0.2) is 76.3 Å². The summed E-state index contributed by atoms with van der Waals surface area (Å²) in [5, 5.41) is 2.52. The number of rotatable bonds is 4. The Labute approximate surface area is 178 Å². The molecule has 1 heterocycles. The molecule has 0 aliphatic rings. The van der Waals surface area contributed by atoms with E-state index in [1.54, 1.807) is 18.2 Å². The van der Waals surface area contributed by atoms with E-state index in [1.165, 1.54) is 36.4 Å². The average molecular weight is 442 g/mol. The Hall–Kier alpha value is -3.78. The number of carbonyl (C=O) groups excluding carboxylic acids is 1. The van der Waals surface area contributed by atoms with Gasteiger partial charge in [0.05, 0.1) is 21.6 Å². The number of nitrogens with one attached hydrogen (secondary N) is 1. The van der Waals surface area contributed by atoms with Crippen LogP contribution in [0, 0.1) is 11.6 Å². The Bertz CT molecular complexity index is 1430. The van der Waals surface area contributed by atoms with E-state index in [0.29, 0.717) is 5.69 Å². The summed E-state index contributed by atoms with van der Waals surface area (Å²) in [4.78, 5) is 38.7. The number of hydrogen-bond donors (Lipinski definition) is 1. The van der Waals surface area contributed by atoms with Gasteiger partial charge < -0.3 is 5.32 Å². The Morgan fingerprint density at radius 1 is 0.968 bits per heavy atom. The molecule has 1 amide bonds. The first kappa shape index (κ1) is 20.5. The zero-order valence-electron chi connectivity index (χ0n) is 15.8. The molecule has 9 heteroatoms. The summed E-state index contributed by atoms with van der Waals surface area (Å²) in [7, 11) is 0. The Morgan fingerprint density at radius 3 is 2.39 bits per heavy atom. The molecule has 0 unspecified atom stereocenters. The Morgan fingerprint density at radius 2 is 1.68 bits per heavy atom. The molecule has 31 heavy (non-hydrogen) atoms. The van der Waals surface area contributed by atoms with Crippen LogP contribution in [0.5, 0.6) is 0 Å². The third-order valence-corrected chi connectivity index (χ3v) is 4.93. The second-order valence-electron chi connectivity index (χ2n) is 6.68. The molecule has 0 atom stereocenters. The number of anilines is 1. The molecule has 3 aromatic carbocycles. The first-order valence-corrected chi connectivity index (χ1v) is 9.48. The normalized spacial score (nSPS) is 10.9. The van der Waals surface area contributed by atoms with Crippen molar-refractivity contribution in [2.45, 2.75) is 6.54 Å². The number of fused-ring (bicyclic) bond motifs is 1. The number of aromatic nitrogens is 2. The predicted octanol–water partition coefficient (Wildman–Crippen LogP) is 3.72. The monoisotopic (exact) mass is 441 g/mol. The van der Waals surface area contributed by atoms with Crippen molar-refractivity contribution in [3.05, 3.63) is 104 Å². The fourth-order valence-corrected chi connectivity index (χ4v) is 3.38. The van der Waals surface area contributed by atoms with E-state index in [0.717, 1.165) is 21.3 Å². The molecule has 4 rings (SSSR count). The van der Waals surface area contributed by atoms with E-state index in [4.69, 9.17) is 11.6 Å². The van der Waals surface area contributed by atoms with Gasteiger partial charge in [0.2, 0.25) is 5.91 Å². The summed E-state index contributed by atoms with van der Waals surface area (Å²) in [5.41, 5.74) is -0.738. The van der Waals surface area contributed by atoms with Crippen molar-refractivity contribution in [2.24, 2.45) is 0 Å². The number of amides is 1. The van der Waals surface area contributed by atoms with E-state index >= 15 is 0 Å². The summed E-state index contributed by atoms with van der Waals surface area (Å²) < 4.78 is 28.6. The second kappa shape index (κ2) is 8.16. The third-order valence-electron chi connectivity index (χ3n) is 4.64. The number of hydrogen-bond acceptors (Lipinski definition) is 3. The zero-order chi connectivity index (χ0) is 22.1. The fraction of sp³-hybridized carbons (Fsp3) is 0.0455. The highest BCUT2D eigenvalue weighted by molar-refractivity contribution is 6.30. The minimum absolute atomic E-state index is 0.0693. The number of benzene rings is 3. The number of para-hydroxylation sites is 1. The van der Waals surface area contributed by atoms with E-state index in [-0.39, 0.29) is 21.6 Å². The van der Waals surface area contributed by atoms with Gasteiger partial charge in [-0.1, -0.05) is 23.7 Å². The summed E-state index contributed by atoms with van der Waals surface area (Å²) in [6.45, 7) is -0.411. The van der Waals surface area contributed by atoms with Gasteiger partial charge in [-0.15, -0.1) is 0 Å². The maximum absolute atomic E-state index is 13.6. The molecular weight excluding hydrogens is 428 g/mol. The molecule has 156 valence electrons. The van der Waals surface area contributed by atoms with Gasteiger partial charge in [-0.25, -0.2) is 18.1 Å². The van der Waals surface area contributed by atoms with Crippen molar-refractivity contribution in [2.75, 3.05) is 5.32 Å². The van der Waals surface area contributed by atoms with Gasteiger partial charge in [-0.05, 0) is 54.6 Å². The van der Waals surface area contributed by atoms with Crippen LogP contribution < -0.4 is 16.6 Å². The highest BCUT2D eigenvalue weighted by atomic mass is 35.5. The maximum Gasteiger partial charge on any atom is 0.336 e. The van der Waals surface area contributed by atoms with Gasteiger partial charge >= 0.3 is 5.69 Å². The van der Waals surface area contributed by atoms with Crippen molar-refractivity contribution >= 4 is 34.1 Å². The lowest BCUT2D eigenvalue weighted by atomic mass is 10.2. The van der Waals surface area contributed by atoms with Crippen LogP contribution in [-0.4, -0.2) is 15.0 Å². The highest BCUT2D eigenvalue weighted by Crippen LogP contribution is 2.18. The fourth-order valence-electron chi connectivity index (χ4n) is 3.20. The lowest BCUT2D eigenvalue weighted by Gasteiger charge is -2.14. The molecular formula is C22H14ClF2N3O3. The summed E-state index contributed by atoms with van der Waals surface area (Å²) >= 11 is 5.82. The van der Waals surface area contributed by atoms with Gasteiger partial charge in [-0.2, -0.15) is 0 Å². The van der Waals surface area contributed by atoms with Crippen LogP contribution in [0.1, 0.15) is 0 Å². The lowest BCUT2D eigenvalue weighted by molar-refractivity contribution is -0.116. The van der Waals surface area contributed by atoms with Gasteiger partial charge in [0.25, 0.3) is 5.56 Å². The van der Waals surface area contributed by atoms with Crippen molar-refractivity contribution in [3.63, 3.8) is 0 Å². The molecule has 1 N–H and O–H groups in total. The van der Waals surface area contributed by atoms with Gasteiger partial charge in [0.15, 0.2) is 0 Å². The van der Waals surface area contributed by atoms with Crippen molar-refractivity contribution in [1.82, 2.24) is 9.13 Å². The van der Waals surface area contributed by atoms with Crippen LogP contribution in [0.25, 0.3) is 16.6 Å². The molecule has 0 bridgehead atoms. The summed E-state index contributed by atoms with van der Waals surface area (Å²) in [5.74, 6) is -1.70. The molecule has 0 saturated heterocycles. The SMILES string of the molecule is O=C(Cn1c(=O)n(-c2ccc(F)c(Cl)c2)c(=O)c2ccccc21)Nc1ccc(F)cc1. The van der Waals surface area contributed by atoms with Crippen molar-refractivity contribution in [1.29, 1.82) is 0 Å². The van der Waals surface area contributed by atoms with Gasteiger partial charge in [0, 0.05) is 5.69 Å². The van der Waals surface area contributed by atoms with Crippen LogP contribution in [-0.2, 0) is 11.3 Å². The highest BCUT2D eigenvalue weighted by Gasteiger charge is 2.17. The maximum atomic E-state index is 13.6. The molecule has 0 spiro atoms. The molecule has 4 aromatic rings. The number of nitrogens with zero attached hydrogens (tertiary/aromatic N) is 2. The van der Waals surface area contributed by atoms with E-state index in [9.17, 15) is 23.2 Å². The average Bonchev–Trinajstić information content (AvgIpc) is 2.75. The predicted molar refractivity (Wildman–Crippen MR) is 114 cm³/mol.